The highest BCUT2D eigenvalue weighted by Crippen LogP contribution is 2.16. The van der Waals surface area contributed by atoms with E-state index in [9.17, 15) is 4.79 Å². The van der Waals surface area contributed by atoms with Gasteiger partial charge < -0.3 is 4.90 Å². The molecule has 0 unspecified atom stereocenters. The minimum absolute atomic E-state index is 0.0946. The van der Waals surface area contributed by atoms with Gasteiger partial charge in [0.25, 0.3) is 5.91 Å². The Bertz CT molecular complexity index is 497. The van der Waals surface area contributed by atoms with Crippen LogP contribution in [0, 0.1) is 29.6 Å². The van der Waals surface area contributed by atoms with Crippen LogP contribution in [0.5, 0.6) is 0 Å². The summed E-state index contributed by atoms with van der Waals surface area (Å²) in [6.07, 6.45) is 0. The molecule has 0 saturated heterocycles. The highest BCUT2D eigenvalue weighted by molar-refractivity contribution is 7.80. The Hall–Kier alpha value is -1.98. The van der Waals surface area contributed by atoms with Crippen molar-refractivity contribution in [3.63, 3.8) is 0 Å². The summed E-state index contributed by atoms with van der Waals surface area (Å²) in [6, 6.07) is 8.96. The molecule has 1 amide bonds. The van der Waals surface area contributed by atoms with Gasteiger partial charge >= 0.3 is 0 Å². The summed E-state index contributed by atoms with van der Waals surface area (Å²) in [6.45, 7) is 1.61. The number of thiol groups is 1. The Morgan fingerprint density at radius 1 is 1.35 bits per heavy atom. The van der Waals surface area contributed by atoms with Gasteiger partial charge in [0.2, 0.25) is 0 Å². The molecule has 0 saturated carbocycles. The molecular formula is C12H11N3OS. The maximum atomic E-state index is 12.1. The van der Waals surface area contributed by atoms with E-state index in [0.29, 0.717) is 10.5 Å². The van der Waals surface area contributed by atoms with Crippen LogP contribution in [0.1, 0.15) is 15.9 Å². The Morgan fingerprint density at radius 2 is 1.94 bits per heavy atom. The molecule has 0 heterocycles. The summed E-state index contributed by atoms with van der Waals surface area (Å²) in [7, 11) is 0. The van der Waals surface area contributed by atoms with Crippen LogP contribution in [-0.2, 0) is 0 Å². The fourth-order valence-corrected chi connectivity index (χ4v) is 1.58. The third kappa shape index (κ3) is 3.24. The lowest BCUT2D eigenvalue weighted by Gasteiger charge is -2.17. The van der Waals surface area contributed by atoms with E-state index >= 15 is 0 Å². The molecule has 5 heteroatoms. The van der Waals surface area contributed by atoms with Gasteiger partial charge in [-0.1, -0.05) is 6.07 Å². The van der Waals surface area contributed by atoms with E-state index in [1.54, 1.807) is 25.1 Å². The van der Waals surface area contributed by atoms with Crippen molar-refractivity contribution in [3.8, 4) is 12.1 Å². The number of amides is 1. The van der Waals surface area contributed by atoms with E-state index in [2.05, 4.69) is 12.6 Å². The zero-order valence-corrected chi connectivity index (χ0v) is 10.2. The normalized spacial score (nSPS) is 9.18. The Labute approximate surface area is 105 Å². The van der Waals surface area contributed by atoms with E-state index in [-0.39, 0.29) is 19.0 Å². The molecule has 0 aliphatic rings. The number of benzene rings is 1. The quantitative estimate of drug-likeness (QED) is 0.652. The van der Waals surface area contributed by atoms with Crippen molar-refractivity contribution in [2.45, 2.75) is 11.8 Å². The van der Waals surface area contributed by atoms with E-state index < -0.39 is 0 Å². The summed E-state index contributed by atoms with van der Waals surface area (Å²) >= 11 is 4.17. The summed E-state index contributed by atoms with van der Waals surface area (Å²) in [5.74, 6) is -0.318. The third-order valence-electron chi connectivity index (χ3n) is 2.26. The Morgan fingerprint density at radius 3 is 2.47 bits per heavy atom. The molecular weight excluding hydrogens is 234 g/mol. The lowest BCUT2D eigenvalue weighted by molar-refractivity contribution is 0.0793. The van der Waals surface area contributed by atoms with Crippen molar-refractivity contribution in [2.24, 2.45) is 0 Å². The molecule has 0 aliphatic carbocycles. The molecule has 86 valence electrons. The number of carbonyl (C=O) groups is 1. The van der Waals surface area contributed by atoms with Crippen LogP contribution in [0.15, 0.2) is 23.1 Å². The Kier molecular flexibility index (Phi) is 4.56. The zero-order chi connectivity index (χ0) is 12.8. The van der Waals surface area contributed by atoms with Crippen molar-refractivity contribution < 1.29 is 4.79 Å². The predicted molar refractivity (Wildman–Crippen MR) is 65.6 cm³/mol. The van der Waals surface area contributed by atoms with Gasteiger partial charge in [0, 0.05) is 10.5 Å². The van der Waals surface area contributed by atoms with Crippen LogP contribution in [-0.4, -0.2) is 23.9 Å². The number of nitriles is 2. The number of hydrogen-bond acceptors (Lipinski definition) is 4. The van der Waals surface area contributed by atoms with Gasteiger partial charge in [0.05, 0.1) is 12.1 Å². The van der Waals surface area contributed by atoms with Crippen LogP contribution in [0.4, 0.5) is 0 Å². The average Bonchev–Trinajstić information content (AvgIpc) is 2.31. The molecule has 1 aromatic carbocycles. The topological polar surface area (TPSA) is 67.9 Å². The van der Waals surface area contributed by atoms with Crippen LogP contribution in [0.2, 0.25) is 0 Å². The van der Waals surface area contributed by atoms with E-state index in [1.807, 2.05) is 12.1 Å². The first kappa shape index (κ1) is 13.1. The summed E-state index contributed by atoms with van der Waals surface area (Å²) in [5.41, 5.74) is 1.27. The Balaban J connectivity index is 3.06. The number of carbonyl (C=O) groups excluding carboxylic acids is 1. The second kappa shape index (κ2) is 5.93. The number of nitrogens with zero attached hydrogens (tertiary/aromatic N) is 3. The lowest BCUT2D eigenvalue weighted by atomic mass is 10.1. The van der Waals surface area contributed by atoms with Gasteiger partial charge in [-0.3, -0.25) is 4.79 Å². The summed E-state index contributed by atoms with van der Waals surface area (Å²) < 4.78 is 0. The first-order chi connectivity index (χ1) is 8.10. The molecule has 0 N–H and O–H groups in total. The molecule has 0 bridgehead atoms. The summed E-state index contributed by atoms with van der Waals surface area (Å²) in [5, 5.41) is 17.2. The van der Waals surface area contributed by atoms with Crippen molar-refractivity contribution in [2.75, 3.05) is 13.1 Å². The number of aryl methyl sites for hydroxylation is 1. The third-order valence-corrected chi connectivity index (χ3v) is 2.54. The number of rotatable bonds is 3. The molecule has 1 rings (SSSR count). The minimum Gasteiger partial charge on any atom is -0.312 e. The van der Waals surface area contributed by atoms with Crippen molar-refractivity contribution in [3.05, 3.63) is 29.3 Å². The van der Waals surface area contributed by atoms with Crippen LogP contribution >= 0.6 is 12.6 Å². The van der Waals surface area contributed by atoms with E-state index in [4.69, 9.17) is 10.5 Å². The maximum absolute atomic E-state index is 12.1. The van der Waals surface area contributed by atoms with Crippen LogP contribution < -0.4 is 0 Å². The standard InChI is InChI=1S/C12H11N3OS/c1-9-2-3-10(17)8-11(9)12(16)15(6-4-13)7-5-14/h2-3,8,17H,6-7H2,1H3. The first-order valence-electron chi connectivity index (χ1n) is 4.93. The molecule has 0 atom stereocenters. The minimum atomic E-state index is -0.318. The van der Waals surface area contributed by atoms with Gasteiger partial charge in [-0.05, 0) is 24.6 Å². The summed E-state index contributed by atoms with van der Waals surface area (Å²) in [4.78, 5) is 14.0. The highest BCUT2D eigenvalue weighted by Gasteiger charge is 2.17. The molecule has 0 aromatic heterocycles. The highest BCUT2D eigenvalue weighted by atomic mass is 32.1. The average molecular weight is 245 g/mol. The van der Waals surface area contributed by atoms with Gasteiger partial charge in [0.1, 0.15) is 13.1 Å². The van der Waals surface area contributed by atoms with Gasteiger partial charge in [-0.2, -0.15) is 10.5 Å². The van der Waals surface area contributed by atoms with Gasteiger partial charge in [-0.25, -0.2) is 0 Å². The van der Waals surface area contributed by atoms with Crippen LogP contribution in [0.25, 0.3) is 0 Å². The van der Waals surface area contributed by atoms with E-state index in [0.717, 1.165) is 5.56 Å². The van der Waals surface area contributed by atoms with Crippen molar-refractivity contribution in [1.82, 2.24) is 4.90 Å². The molecule has 4 nitrogen and oxygen atoms in total. The van der Waals surface area contributed by atoms with Crippen LogP contribution in [0.3, 0.4) is 0 Å². The van der Waals surface area contributed by atoms with Gasteiger partial charge in [-0.15, -0.1) is 12.6 Å². The molecule has 0 radical (unpaired) electrons. The van der Waals surface area contributed by atoms with E-state index in [1.165, 1.54) is 4.90 Å². The molecule has 0 spiro atoms. The SMILES string of the molecule is Cc1ccc(S)cc1C(=O)N(CC#N)CC#N. The molecule has 0 aliphatic heterocycles. The zero-order valence-electron chi connectivity index (χ0n) is 9.34. The molecule has 1 aromatic rings. The maximum Gasteiger partial charge on any atom is 0.255 e. The number of hydrogen-bond donors (Lipinski definition) is 1. The largest absolute Gasteiger partial charge is 0.312 e. The second-order valence-electron chi connectivity index (χ2n) is 3.48. The molecule has 0 fully saturated rings. The fourth-order valence-electron chi connectivity index (χ4n) is 1.38. The van der Waals surface area contributed by atoms with Crippen molar-refractivity contribution in [1.29, 1.82) is 10.5 Å². The van der Waals surface area contributed by atoms with Gasteiger partial charge in [0.15, 0.2) is 0 Å². The lowest BCUT2D eigenvalue weighted by Crippen LogP contribution is -2.32. The monoisotopic (exact) mass is 245 g/mol. The smallest absolute Gasteiger partial charge is 0.255 e. The van der Waals surface area contributed by atoms with Crippen molar-refractivity contribution >= 4 is 18.5 Å². The second-order valence-corrected chi connectivity index (χ2v) is 3.99. The predicted octanol–water partition coefficient (Wildman–Crippen LogP) is 1.77. The first-order valence-corrected chi connectivity index (χ1v) is 5.37. The fraction of sp³-hybridized carbons (Fsp3) is 0.250. The molecule has 17 heavy (non-hydrogen) atoms.